The zero-order valence-corrected chi connectivity index (χ0v) is 16.3. The Bertz CT molecular complexity index is 799. The molecule has 2 aromatic rings. The number of hydrogen-bond donors (Lipinski definition) is 2. The summed E-state index contributed by atoms with van der Waals surface area (Å²) in [5.41, 5.74) is 5.55. The lowest BCUT2D eigenvalue weighted by Gasteiger charge is -2.09. The number of hydrogen-bond acceptors (Lipinski definition) is 4. The van der Waals surface area contributed by atoms with Crippen LogP contribution in [0.2, 0.25) is 10.0 Å². The van der Waals surface area contributed by atoms with Crippen molar-refractivity contribution in [1.29, 1.82) is 0 Å². The second-order valence-corrected chi connectivity index (χ2v) is 6.50. The normalized spacial score (nSPS) is 10.2. The number of ether oxygens (including phenoxy) is 2. The van der Waals surface area contributed by atoms with E-state index >= 15 is 0 Å². The molecule has 6 nitrogen and oxygen atoms in total. The van der Waals surface area contributed by atoms with Gasteiger partial charge in [0.25, 0.3) is 0 Å². The molecule has 0 saturated heterocycles. The minimum absolute atomic E-state index is 0.135. The van der Waals surface area contributed by atoms with Crippen LogP contribution < -0.4 is 20.3 Å². The van der Waals surface area contributed by atoms with Crippen molar-refractivity contribution in [2.45, 2.75) is 19.3 Å². The molecule has 0 aliphatic rings. The molecule has 0 radical (unpaired) electrons. The van der Waals surface area contributed by atoms with Gasteiger partial charge in [0.2, 0.25) is 11.8 Å². The highest BCUT2D eigenvalue weighted by Crippen LogP contribution is 2.27. The fourth-order valence-electron chi connectivity index (χ4n) is 2.22. The van der Waals surface area contributed by atoms with Crippen LogP contribution in [0.3, 0.4) is 0 Å². The first-order valence-corrected chi connectivity index (χ1v) is 9.02. The quantitative estimate of drug-likeness (QED) is 0.515. The molecule has 0 fully saturated rings. The highest BCUT2D eigenvalue weighted by Gasteiger charge is 2.07. The average Bonchev–Trinajstić information content (AvgIpc) is 2.65. The van der Waals surface area contributed by atoms with E-state index in [0.717, 1.165) is 5.56 Å². The lowest BCUT2D eigenvalue weighted by atomic mass is 10.1. The molecule has 2 N–H and O–H groups in total. The summed E-state index contributed by atoms with van der Waals surface area (Å²) in [6.45, 7) is 0.312. The first kappa shape index (κ1) is 20.9. The van der Waals surface area contributed by atoms with E-state index < -0.39 is 0 Å². The molecule has 2 rings (SSSR count). The summed E-state index contributed by atoms with van der Waals surface area (Å²) in [4.78, 5) is 23.7. The van der Waals surface area contributed by atoms with Crippen molar-refractivity contribution in [1.82, 2.24) is 10.9 Å². The summed E-state index contributed by atoms with van der Waals surface area (Å²) in [7, 11) is 1.56. The summed E-state index contributed by atoms with van der Waals surface area (Å²) in [6.07, 6.45) is 0.802. The van der Waals surface area contributed by atoms with Gasteiger partial charge in [-0.15, -0.1) is 0 Å². The van der Waals surface area contributed by atoms with E-state index in [-0.39, 0.29) is 24.7 Å². The Morgan fingerprint density at radius 1 is 1.04 bits per heavy atom. The van der Waals surface area contributed by atoms with E-state index in [9.17, 15) is 9.59 Å². The molecule has 0 aliphatic carbocycles. The summed E-state index contributed by atoms with van der Waals surface area (Å²) >= 11 is 11.8. The second-order valence-electron chi connectivity index (χ2n) is 5.65. The number of rotatable bonds is 8. The summed E-state index contributed by atoms with van der Waals surface area (Å²) in [6, 6.07) is 12.1. The number of hydrazine groups is 1. The molecule has 144 valence electrons. The number of carbonyl (C=O) groups excluding carboxylic acids is 2. The first-order chi connectivity index (χ1) is 13.0. The fraction of sp³-hybridized carbons (Fsp3) is 0.263. The number of amides is 2. The summed E-state index contributed by atoms with van der Waals surface area (Å²) in [5, 5.41) is 0.938. The van der Waals surface area contributed by atoms with Gasteiger partial charge in [-0.25, -0.2) is 0 Å². The number of nitrogens with one attached hydrogen (secondary N) is 2. The lowest BCUT2D eigenvalue weighted by Crippen LogP contribution is -2.42. The average molecular weight is 411 g/mol. The molecular formula is C19H20Cl2N2O4. The maximum Gasteiger partial charge on any atom is 0.242 e. The Labute approximate surface area is 167 Å². The summed E-state index contributed by atoms with van der Waals surface area (Å²) < 4.78 is 10.6. The molecule has 0 aromatic heterocycles. The van der Waals surface area contributed by atoms with Crippen molar-refractivity contribution in [3.63, 3.8) is 0 Å². The molecule has 0 saturated carbocycles. The maximum atomic E-state index is 11.9. The Balaban J connectivity index is 1.64. The van der Waals surface area contributed by atoms with Crippen LogP contribution in [-0.2, 0) is 16.0 Å². The second kappa shape index (κ2) is 10.6. The van der Waals surface area contributed by atoms with Crippen LogP contribution in [0.5, 0.6) is 11.5 Å². The molecular weight excluding hydrogens is 391 g/mol. The highest BCUT2D eigenvalue weighted by atomic mass is 35.5. The van der Waals surface area contributed by atoms with Gasteiger partial charge >= 0.3 is 0 Å². The van der Waals surface area contributed by atoms with Gasteiger partial charge in [-0.2, -0.15) is 0 Å². The predicted octanol–water partition coefficient (Wildman–Crippen LogP) is 3.55. The van der Waals surface area contributed by atoms with E-state index in [0.29, 0.717) is 34.6 Å². The number of carbonyl (C=O) groups is 2. The number of halogens is 2. The van der Waals surface area contributed by atoms with Gasteiger partial charge in [-0.1, -0.05) is 35.3 Å². The van der Waals surface area contributed by atoms with Crippen LogP contribution >= 0.6 is 23.2 Å². The SMILES string of the molecule is COc1cccc(CC(=O)NNC(=O)CCCOc2ccc(Cl)cc2Cl)c1. The minimum atomic E-state index is -0.319. The molecule has 0 unspecified atom stereocenters. The molecule has 0 heterocycles. The van der Waals surface area contributed by atoms with Crippen molar-refractivity contribution < 1.29 is 19.1 Å². The predicted molar refractivity (Wildman–Crippen MR) is 104 cm³/mol. The molecule has 2 aromatic carbocycles. The first-order valence-electron chi connectivity index (χ1n) is 8.26. The van der Waals surface area contributed by atoms with Gasteiger partial charge < -0.3 is 9.47 Å². The molecule has 27 heavy (non-hydrogen) atoms. The largest absolute Gasteiger partial charge is 0.497 e. The Morgan fingerprint density at radius 2 is 1.81 bits per heavy atom. The lowest BCUT2D eigenvalue weighted by molar-refractivity contribution is -0.128. The van der Waals surface area contributed by atoms with E-state index in [1.54, 1.807) is 43.5 Å². The zero-order chi connectivity index (χ0) is 19.6. The third-order valence-corrected chi connectivity index (χ3v) is 4.07. The van der Waals surface area contributed by atoms with Gasteiger partial charge in [0.15, 0.2) is 0 Å². The third kappa shape index (κ3) is 7.37. The van der Waals surface area contributed by atoms with Crippen molar-refractivity contribution in [3.8, 4) is 11.5 Å². The third-order valence-electron chi connectivity index (χ3n) is 3.54. The van der Waals surface area contributed by atoms with Gasteiger partial charge in [-0.3, -0.25) is 20.4 Å². The van der Waals surface area contributed by atoms with Crippen LogP contribution in [-0.4, -0.2) is 25.5 Å². The smallest absolute Gasteiger partial charge is 0.242 e. The fourth-order valence-corrected chi connectivity index (χ4v) is 2.68. The van der Waals surface area contributed by atoms with Crippen LogP contribution in [0.25, 0.3) is 0 Å². The standard InChI is InChI=1S/C19H20Cl2N2O4/c1-26-15-5-2-4-13(10-15)11-19(25)23-22-18(24)6-3-9-27-17-8-7-14(20)12-16(17)21/h2,4-5,7-8,10,12H,3,6,9,11H2,1H3,(H,22,24)(H,23,25). The molecule has 2 amide bonds. The van der Waals surface area contributed by atoms with Gasteiger partial charge in [0.05, 0.1) is 25.2 Å². The summed E-state index contributed by atoms with van der Waals surface area (Å²) in [5.74, 6) is 0.554. The van der Waals surface area contributed by atoms with Crippen LogP contribution in [0.1, 0.15) is 18.4 Å². The number of benzene rings is 2. The Hall–Kier alpha value is -2.44. The topological polar surface area (TPSA) is 76.7 Å². The van der Waals surface area contributed by atoms with Gasteiger partial charge in [-0.05, 0) is 42.3 Å². The van der Waals surface area contributed by atoms with Crippen molar-refractivity contribution >= 4 is 35.0 Å². The molecule has 0 bridgehead atoms. The molecule has 0 atom stereocenters. The van der Waals surface area contributed by atoms with Crippen molar-refractivity contribution in [2.24, 2.45) is 0 Å². The monoisotopic (exact) mass is 410 g/mol. The van der Waals surface area contributed by atoms with Crippen LogP contribution in [0.15, 0.2) is 42.5 Å². The zero-order valence-electron chi connectivity index (χ0n) is 14.8. The van der Waals surface area contributed by atoms with Crippen molar-refractivity contribution in [3.05, 3.63) is 58.1 Å². The van der Waals surface area contributed by atoms with Gasteiger partial charge in [0, 0.05) is 11.4 Å². The van der Waals surface area contributed by atoms with E-state index in [1.807, 2.05) is 6.07 Å². The Kier molecular flexibility index (Phi) is 8.23. The van der Waals surface area contributed by atoms with Crippen LogP contribution in [0, 0.1) is 0 Å². The highest BCUT2D eigenvalue weighted by molar-refractivity contribution is 6.35. The van der Waals surface area contributed by atoms with Crippen molar-refractivity contribution in [2.75, 3.05) is 13.7 Å². The van der Waals surface area contributed by atoms with Gasteiger partial charge in [0.1, 0.15) is 11.5 Å². The molecule has 8 heteroatoms. The number of methoxy groups -OCH3 is 1. The molecule has 0 aliphatic heterocycles. The van der Waals surface area contributed by atoms with E-state index in [1.165, 1.54) is 0 Å². The maximum absolute atomic E-state index is 11.9. The van der Waals surface area contributed by atoms with E-state index in [2.05, 4.69) is 10.9 Å². The van der Waals surface area contributed by atoms with E-state index in [4.69, 9.17) is 32.7 Å². The Morgan fingerprint density at radius 3 is 2.56 bits per heavy atom. The minimum Gasteiger partial charge on any atom is -0.497 e. The molecule has 0 spiro atoms. The van der Waals surface area contributed by atoms with Crippen LogP contribution in [0.4, 0.5) is 0 Å².